The average molecular weight is 659 g/mol. The number of carboxylic acids is 1. The molecular formula is C36H42BFN3O7. The summed E-state index contributed by atoms with van der Waals surface area (Å²) in [7, 11) is 5.33. The molecule has 0 unspecified atom stereocenters. The van der Waals surface area contributed by atoms with Gasteiger partial charge in [0.2, 0.25) is 0 Å². The van der Waals surface area contributed by atoms with Gasteiger partial charge in [0.25, 0.3) is 5.91 Å². The van der Waals surface area contributed by atoms with Gasteiger partial charge in [0.15, 0.2) is 0 Å². The van der Waals surface area contributed by atoms with E-state index in [2.05, 4.69) is 18.2 Å². The lowest BCUT2D eigenvalue weighted by atomic mass is 9.71. The molecule has 3 aromatic carbocycles. The minimum absolute atomic E-state index is 0.202. The zero-order valence-electron chi connectivity index (χ0n) is 27.6. The molecule has 0 aliphatic heterocycles. The summed E-state index contributed by atoms with van der Waals surface area (Å²) < 4.78 is 31.5. The van der Waals surface area contributed by atoms with Crippen LogP contribution < -0.4 is 20.7 Å². The second kappa shape index (κ2) is 16.6. The minimum Gasteiger partial charge on any atom is -0.493 e. The first-order valence-electron chi connectivity index (χ1n) is 16.3. The number of hydrogen-bond acceptors (Lipinski definition) is 8. The molecule has 1 amide bonds. The van der Waals surface area contributed by atoms with Gasteiger partial charge in [-0.15, -0.1) is 5.59 Å². The number of benzene rings is 3. The number of anilines is 1. The van der Waals surface area contributed by atoms with Gasteiger partial charge in [0, 0.05) is 50.2 Å². The first-order valence-corrected chi connectivity index (χ1v) is 16.3. The van der Waals surface area contributed by atoms with Crippen molar-refractivity contribution < 1.29 is 37.8 Å². The summed E-state index contributed by atoms with van der Waals surface area (Å²) in [6.45, 7) is 4.05. The van der Waals surface area contributed by atoms with Gasteiger partial charge in [-0.2, -0.15) is 0 Å². The monoisotopic (exact) mass is 658 g/mol. The van der Waals surface area contributed by atoms with Crippen molar-refractivity contribution in [3.63, 3.8) is 0 Å². The maximum absolute atomic E-state index is 13.7. The molecule has 1 saturated carbocycles. The van der Waals surface area contributed by atoms with Crippen LogP contribution in [0.4, 0.5) is 10.1 Å². The summed E-state index contributed by atoms with van der Waals surface area (Å²) in [5.41, 5.74) is 7.70. The Morgan fingerprint density at radius 2 is 1.85 bits per heavy atom. The highest BCUT2D eigenvalue weighted by Crippen LogP contribution is 2.41. The lowest BCUT2D eigenvalue weighted by molar-refractivity contribution is 0.0695. The highest BCUT2D eigenvalue weighted by atomic mass is 19.1. The van der Waals surface area contributed by atoms with Gasteiger partial charge in [0.05, 0.1) is 30.5 Å². The van der Waals surface area contributed by atoms with Crippen molar-refractivity contribution in [2.75, 3.05) is 45.5 Å². The number of ether oxygens (including phenoxy) is 2. The van der Waals surface area contributed by atoms with E-state index in [1.54, 1.807) is 44.5 Å². The number of aromatic carboxylic acids is 1. The molecule has 1 heterocycles. The Kier molecular flexibility index (Phi) is 12.1. The molecule has 0 spiro atoms. The van der Waals surface area contributed by atoms with Crippen LogP contribution in [0.2, 0.25) is 12.6 Å². The van der Waals surface area contributed by atoms with Crippen molar-refractivity contribution in [3.8, 4) is 17.1 Å². The van der Waals surface area contributed by atoms with Crippen LogP contribution in [0.15, 0.2) is 59.0 Å². The van der Waals surface area contributed by atoms with Crippen molar-refractivity contribution in [2.24, 2.45) is 5.92 Å². The summed E-state index contributed by atoms with van der Waals surface area (Å²) in [6, 6.07) is 14.8. The predicted molar refractivity (Wildman–Crippen MR) is 183 cm³/mol. The highest BCUT2D eigenvalue weighted by Gasteiger charge is 2.28. The number of fused-ring (bicyclic) bond motifs is 1. The van der Waals surface area contributed by atoms with Crippen LogP contribution in [-0.4, -0.2) is 64.8 Å². The van der Waals surface area contributed by atoms with Crippen LogP contribution >= 0.6 is 0 Å². The first-order chi connectivity index (χ1) is 23.3. The summed E-state index contributed by atoms with van der Waals surface area (Å²) in [5.74, 6) is -0.0545. The number of carbonyl (C=O) groups excluding carboxylic acids is 1. The van der Waals surface area contributed by atoms with Crippen LogP contribution in [0.5, 0.6) is 5.75 Å². The normalized spacial score (nSPS) is 12.7. The zero-order valence-corrected chi connectivity index (χ0v) is 27.6. The number of carbonyl (C=O) groups is 2. The topological polar surface area (TPSA) is 123 Å². The van der Waals surface area contributed by atoms with Gasteiger partial charge in [-0.1, -0.05) is 18.7 Å². The Morgan fingerprint density at radius 1 is 1.06 bits per heavy atom. The number of amides is 1. The molecule has 0 atom stereocenters. The minimum atomic E-state index is -0.980. The fourth-order valence-electron chi connectivity index (χ4n) is 5.57. The average Bonchev–Trinajstić information content (AvgIpc) is 3.82. The van der Waals surface area contributed by atoms with Crippen molar-refractivity contribution in [2.45, 2.75) is 45.2 Å². The third kappa shape index (κ3) is 8.94. The van der Waals surface area contributed by atoms with Crippen molar-refractivity contribution in [1.82, 2.24) is 10.9 Å². The Bertz CT molecular complexity index is 1710. The van der Waals surface area contributed by atoms with E-state index in [-0.39, 0.29) is 17.3 Å². The third-order valence-electron chi connectivity index (χ3n) is 8.30. The zero-order chi connectivity index (χ0) is 34.0. The quantitative estimate of drug-likeness (QED) is 0.0592. The Morgan fingerprint density at radius 3 is 2.56 bits per heavy atom. The molecule has 253 valence electrons. The van der Waals surface area contributed by atoms with Crippen molar-refractivity contribution in [3.05, 3.63) is 82.7 Å². The van der Waals surface area contributed by atoms with Gasteiger partial charge < -0.3 is 24.3 Å². The molecule has 12 heteroatoms. The third-order valence-corrected chi connectivity index (χ3v) is 8.30. The lowest BCUT2D eigenvalue weighted by Crippen LogP contribution is -2.39. The molecule has 5 rings (SSSR count). The lowest BCUT2D eigenvalue weighted by Gasteiger charge is -2.26. The molecule has 3 N–H and O–H groups in total. The molecule has 48 heavy (non-hydrogen) atoms. The molecule has 1 radical (unpaired) electrons. The van der Waals surface area contributed by atoms with E-state index in [0.29, 0.717) is 72.3 Å². The SMILES string of the molecule is CNC(=O)c1c(-c2ccc(F)cc2)oc2cc(N(CC[B]CCOCCCOc3cc(C(=O)O)ccc3C)NOC)c(CC3CC3)cc12. The number of nitrogens with zero attached hydrogens (tertiary/aromatic N) is 1. The second-order valence-corrected chi connectivity index (χ2v) is 11.9. The van der Waals surface area contributed by atoms with Crippen LogP contribution in [0.1, 0.15) is 51.1 Å². The summed E-state index contributed by atoms with van der Waals surface area (Å²) in [6.07, 6.45) is 5.41. The van der Waals surface area contributed by atoms with Crippen LogP contribution in [-0.2, 0) is 16.0 Å². The van der Waals surface area contributed by atoms with Crippen molar-refractivity contribution in [1.29, 1.82) is 0 Å². The standard InChI is InChI=1S/C36H42BFN3O7/c1-23-5-8-26(36(43)44)21-31(23)47-17-4-16-46-18-14-37-13-15-41(40-45-3)30-22-32-29(20-27(30)19-24-6-7-24)33(35(42)39-2)34(48-32)25-9-11-28(38)12-10-25/h5,8-12,20-22,24,40H,4,6-7,13-19H2,1-3H3,(H,39,42)(H,43,44). The van der Waals surface area contributed by atoms with Gasteiger partial charge in [-0.3, -0.25) is 14.6 Å². The van der Waals surface area contributed by atoms with Crippen LogP contribution in [0.3, 0.4) is 0 Å². The van der Waals surface area contributed by atoms with E-state index in [4.69, 9.17) is 18.7 Å². The summed E-state index contributed by atoms with van der Waals surface area (Å²) in [4.78, 5) is 29.7. The number of rotatable bonds is 19. The number of hydrazine groups is 1. The number of nitrogens with one attached hydrogen (secondary N) is 2. The molecule has 1 aromatic heterocycles. The van der Waals surface area contributed by atoms with E-state index in [1.807, 2.05) is 24.1 Å². The molecular weight excluding hydrogens is 616 g/mol. The molecule has 1 aliphatic carbocycles. The molecule has 0 saturated heterocycles. The number of furan rings is 1. The number of hydrogen-bond donors (Lipinski definition) is 3. The Labute approximate surface area is 280 Å². The smallest absolute Gasteiger partial charge is 0.335 e. The van der Waals surface area contributed by atoms with Gasteiger partial charge in [0.1, 0.15) is 30.2 Å². The van der Waals surface area contributed by atoms with Crippen LogP contribution in [0, 0.1) is 18.7 Å². The first kappa shape index (κ1) is 34.9. The maximum atomic E-state index is 13.7. The van der Waals surface area contributed by atoms with Gasteiger partial charge in [-0.05, 0) is 85.7 Å². The molecule has 1 fully saturated rings. The molecule has 4 aromatic rings. The Balaban J connectivity index is 1.18. The van der Waals surface area contributed by atoms with Gasteiger partial charge in [-0.25, -0.2) is 9.18 Å². The fraction of sp³-hybridized carbons (Fsp3) is 0.389. The number of halogens is 1. The van der Waals surface area contributed by atoms with E-state index < -0.39 is 5.97 Å². The van der Waals surface area contributed by atoms with Crippen LogP contribution in [0.25, 0.3) is 22.3 Å². The molecule has 10 nitrogen and oxygen atoms in total. The molecule has 0 bridgehead atoms. The van der Waals surface area contributed by atoms with E-state index in [0.717, 1.165) is 35.9 Å². The van der Waals surface area contributed by atoms with E-state index in [1.165, 1.54) is 25.0 Å². The second-order valence-electron chi connectivity index (χ2n) is 11.9. The predicted octanol–water partition coefficient (Wildman–Crippen LogP) is 6.46. The summed E-state index contributed by atoms with van der Waals surface area (Å²) in [5, 5.41) is 14.6. The highest BCUT2D eigenvalue weighted by molar-refractivity contribution is 6.35. The van der Waals surface area contributed by atoms with Gasteiger partial charge >= 0.3 is 5.97 Å². The largest absolute Gasteiger partial charge is 0.493 e. The fourth-order valence-corrected chi connectivity index (χ4v) is 5.57. The summed E-state index contributed by atoms with van der Waals surface area (Å²) >= 11 is 0. The number of carboxylic acid groups (broad SMARTS) is 1. The number of aryl methyl sites for hydroxylation is 1. The maximum Gasteiger partial charge on any atom is 0.335 e. The molecule has 1 aliphatic rings. The van der Waals surface area contributed by atoms with E-state index >= 15 is 0 Å². The van der Waals surface area contributed by atoms with E-state index in [9.17, 15) is 19.1 Å². The van der Waals surface area contributed by atoms with Crippen molar-refractivity contribution >= 4 is 35.8 Å². The Hall–Kier alpha value is -4.39.